The minimum Gasteiger partial charge on any atom is -0.459 e. The highest BCUT2D eigenvalue weighted by molar-refractivity contribution is 5.89. The van der Waals surface area contributed by atoms with E-state index in [1.165, 1.54) is 6.92 Å². The van der Waals surface area contributed by atoms with Crippen molar-refractivity contribution in [1.29, 1.82) is 0 Å². The molecule has 0 amide bonds. The molecule has 1 unspecified atom stereocenters. The molecular weight excluding hydrogens is 368 g/mol. The quantitative estimate of drug-likeness (QED) is 0.528. The largest absolute Gasteiger partial charge is 0.459 e. The van der Waals surface area contributed by atoms with Gasteiger partial charge in [0, 0.05) is 11.0 Å². The minimum absolute atomic E-state index is 0.0125. The zero-order valence-electron chi connectivity index (χ0n) is 19.1. The summed E-state index contributed by atoms with van der Waals surface area (Å²) < 4.78 is 9.98. The Hall–Kier alpha value is -2.14. The number of carbonyl (C=O) groups excluding carboxylic acids is 2. The predicted octanol–water partition coefficient (Wildman–Crippen LogP) is 4.67. The van der Waals surface area contributed by atoms with Crippen molar-refractivity contribution in [3.8, 4) is 0 Å². The van der Waals surface area contributed by atoms with Gasteiger partial charge in [0.1, 0.15) is 19.3 Å². The van der Waals surface area contributed by atoms with E-state index in [2.05, 4.69) is 55.0 Å². The SMILES string of the molecule is C=C(C)C(=O)OCC(O)COC(=O)c1ccc(C(C)(C(C)(C)C)C(C)(C)C)cc1. The number of aliphatic hydroxyl groups is 1. The lowest BCUT2D eigenvalue weighted by atomic mass is 9.52. The molecule has 1 rings (SSSR count). The van der Waals surface area contributed by atoms with E-state index in [4.69, 9.17) is 9.47 Å². The monoisotopic (exact) mass is 404 g/mol. The first kappa shape index (κ1) is 24.9. The first-order valence-electron chi connectivity index (χ1n) is 9.89. The molecule has 0 spiro atoms. The zero-order chi connectivity index (χ0) is 22.6. The van der Waals surface area contributed by atoms with Crippen molar-refractivity contribution in [3.05, 3.63) is 47.5 Å². The van der Waals surface area contributed by atoms with Crippen molar-refractivity contribution >= 4 is 11.9 Å². The number of ether oxygens (including phenoxy) is 2. The summed E-state index contributed by atoms with van der Waals surface area (Å²) >= 11 is 0. The van der Waals surface area contributed by atoms with E-state index >= 15 is 0 Å². The van der Waals surface area contributed by atoms with Crippen molar-refractivity contribution in [2.24, 2.45) is 10.8 Å². The molecule has 0 bridgehead atoms. The van der Waals surface area contributed by atoms with Gasteiger partial charge in [0.2, 0.25) is 0 Å². The van der Waals surface area contributed by atoms with Crippen LogP contribution in [0.3, 0.4) is 0 Å². The van der Waals surface area contributed by atoms with Gasteiger partial charge in [-0.2, -0.15) is 0 Å². The second kappa shape index (κ2) is 9.12. The molecule has 0 aromatic heterocycles. The van der Waals surface area contributed by atoms with Gasteiger partial charge in [-0.05, 0) is 35.4 Å². The van der Waals surface area contributed by atoms with Crippen LogP contribution in [0.5, 0.6) is 0 Å². The number of benzene rings is 1. The van der Waals surface area contributed by atoms with E-state index in [1.807, 2.05) is 12.1 Å². The topological polar surface area (TPSA) is 72.8 Å². The molecule has 1 N–H and O–H groups in total. The van der Waals surface area contributed by atoms with Crippen LogP contribution in [0.1, 0.15) is 71.3 Å². The zero-order valence-corrected chi connectivity index (χ0v) is 19.1. The second-order valence-corrected chi connectivity index (χ2v) is 9.83. The highest BCUT2D eigenvalue weighted by atomic mass is 16.6. The minimum atomic E-state index is -1.09. The van der Waals surface area contributed by atoms with Gasteiger partial charge in [-0.1, -0.05) is 67.2 Å². The highest BCUT2D eigenvalue weighted by Crippen LogP contribution is 2.52. The van der Waals surface area contributed by atoms with Crippen molar-refractivity contribution in [2.75, 3.05) is 13.2 Å². The summed E-state index contributed by atoms with van der Waals surface area (Å²) in [5, 5.41) is 9.82. The number of rotatable bonds is 7. The molecule has 5 nitrogen and oxygen atoms in total. The Morgan fingerprint density at radius 2 is 1.38 bits per heavy atom. The van der Waals surface area contributed by atoms with Crippen LogP contribution in [0.2, 0.25) is 0 Å². The van der Waals surface area contributed by atoms with E-state index in [9.17, 15) is 14.7 Å². The van der Waals surface area contributed by atoms with Crippen LogP contribution in [-0.2, 0) is 19.7 Å². The molecule has 0 saturated carbocycles. The van der Waals surface area contributed by atoms with Crippen molar-refractivity contribution in [1.82, 2.24) is 0 Å². The van der Waals surface area contributed by atoms with Crippen LogP contribution < -0.4 is 0 Å². The Labute approximate surface area is 175 Å². The van der Waals surface area contributed by atoms with Crippen LogP contribution in [-0.4, -0.2) is 36.4 Å². The van der Waals surface area contributed by atoms with Crippen molar-refractivity contribution in [2.45, 2.75) is 66.9 Å². The normalized spacial score (nSPS) is 13.6. The predicted molar refractivity (Wildman–Crippen MR) is 115 cm³/mol. The lowest BCUT2D eigenvalue weighted by molar-refractivity contribution is -0.142. The summed E-state index contributed by atoms with van der Waals surface area (Å²) in [6.07, 6.45) is -1.09. The maximum Gasteiger partial charge on any atom is 0.338 e. The van der Waals surface area contributed by atoms with Crippen LogP contribution in [0, 0.1) is 10.8 Å². The summed E-state index contributed by atoms with van der Waals surface area (Å²) in [4.78, 5) is 23.6. The standard InChI is InChI=1S/C24H36O5/c1-16(2)20(26)28-14-19(25)15-29-21(27)17-10-12-18(13-11-17)24(9,22(3,4)5)23(6,7)8/h10-13,19,25H,1,14-15H2,2-9H3. The number of hydrogen-bond acceptors (Lipinski definition) is 5. The number of hydrogen-bond donors (Lipinski definition) is 1. The maximum atomic E-state index is 12.3. The van der Waals surface area contributed by atoms with Gasteiger partial charge in [0.25, 0.3) is 0 Å². The Morgan fingerprint density at radius 3 is 1.79 bits per heavy atom. The summed E-state index contributed by atoms with van der Waals surface area (Å²) in [6.45, 7) is 20.1. The molecule has 1 aromatic carbocycles. The molecule has 1 aromatic rings. The Balaban J connectivity index is 2.82. The third kappa shape index (κ3) is 5.92. The fraction of sp³-hybridized carbons (Fsp3) is 0.583. The molecule has 0 aliphatic carbocycles. The van der Waals surface area contributed by atoms with Gasteiger partial charge < -0.3 is 14.6 Å². The van der Waals surface area contributed by atoms with Gasteiger partial charge in [-0.15, -0.1) is 0 Å². The summed E-state index contributed by atoms with van der Waals surface area (Å²) in [5.74, 6) is -1.12. The third-order valence-electron chi connectivity index (χ3n) is 5.86. The molecule has 0 saturated heterocycles. The first-order chi connectivity index (χ1) is 13.1. The van der Waals surface area contributed by atoms with E-state index in [0.717, 1.165) is 5.56 Å². The molecule has 0 aliphatic heterocycles. The third-order valence-corrected chi connectivity index (χ3v) is 5.86. The average molecular weight is 405 g/mol. The molecule has 0 heterocycles. The summed E-state index contributed by atoms with van der Waals surface area (Å²) in [7, 11) is 0. The molecule has 0 fully saturated rings. The van der Waals surface area contributed by atoms with Crippen molar-refractivity contribution < 1.29 is 24.2 Å². The molecule has 162 valence electrons. The number of esters is 2. The van der Waals surface area contributed by atoms with Crippen LogP contribution in [0.15, 0.2) is 36.4 Å². The Kier molecular flexibility index (Phi) is 7.83. The molecular formula is C24H36O5. The second-order valence-electron chi connectivity index (χ2n) is 9.83. The van der Waals surface area contributed by atoms with E-state index < -0.39 is 18.0 Å². The average Bonchev–Trinajstić information content (AvgIpc) is 2.61. The van der Waals surface area contributed by atoms with Crippen molar-refractivity contribution in [3.63, 3.8) is 0 Å². The molecule has 5 heteroatoms. The van der Waals surface area contributed by atoms with E-state index in [1.54, 1.807) is 12.1 Å². The first-order valence-corrected chi connectivity index (χ1v) is 9.89. The number of carbonyl (C=O) groups is 2. The number of aliphatic hydroxyl groups excluding tert-OH is 1. The van der Waals surface area contributed by atoms with Crippen LogP contribution in [0.25, 0.3) is 0 Å². The molecule has 0 aliphatic rings. The molecule has 0 radical (unpaired) electrons. The van der Waals surface area contributed by atoms with Gasteiger partial charge in [0.15, 0.2) is 0 Å². The molecule has 1 atom stereocenters. The van der Waals surface area contributed by atoms with Crippen LogP contribution >= 0.6 is 0 Å². The van der Waals surface area contributed by atoms with Crippen LogP contribution in [0.4, 0.5) is 0 Å². The lowest BCUT2D eigenvalue weighted by Gasteiger charge is -2.52. The van der Waals surface area contributed by atoms with E-state index in [-0.39, 0.29) is 35.0 Å². The maximum absolute atomic E-state index is 12.3. The summed E-state index contributed by atoms with van der Waals surface area (Å²) in [6, 6.07) is 7.44. The lowest BCUT2D eigenvalue weighted by Crippen LogP contribution is -2.47. The fourth-order valence-corrected chi connectivity index (χ4v) is 3.53. The van der Waals surface area contributed by atoms with Gasteiger partial charge >= 0.3 is 11.9 Å². The fourth-order valence-electron chi connectivity index (χ4n) is 3.53. The van der Waals surface area contributed by atoms with Gasteiger partial charge in [-0.3, -0.25) is 0 Å². The van der Waals surface area contributed by atoms with Gasteiger partial charge in [0.05, 0.1) is 5.56 Å². The van der Waals surface area contributed by atoms with Gasteiger partial charge in [-0.25, -0.2) is 9.59 Å². The highest BCUT2D eigenvalue weighted by Gasteiger charge is 2.47. The smallest absolute Gasteiger partial charge is 0.338 e. The Morgan fingerprint density at radius 1 is 0.931 bits per heavy atom. The molecule has 29 heavy (non-hydrogen) atoms. The van der Waals surface area contributed by atoms with E-state index in [0.29, 0.717) is 5.56 Å². The summed E-state index contributed by atoms with van der Waals surface area (Å²) in [5.41, 5.74) is 1.71. The Bertz CT molecular complexity index is 718.